The van der Waals surface area contributed by atoms with Crippen LogP contribution in [0, 0.1) is 5.92 Å². The SMILES string of the molecule is O=C(CCc1ccccc1O)NC1CCC(CO)CC1. The Balaban J connectivity index is 1.72. The van der Waals surface area contributed by atoms with E-state index in [9.17, 15) is 9.90 Å². The maximum atomic E-state index is 11.9. The van der Waals surface area contributed by atoms with Crippen molar-refractivity contribution >= 4 is 5.91 Å². The van der Waals surface area contributed by atoms with Crippen molar-refractivity contribution in [2.45, 2.75) is 44.6 Å². The number of benzene rings is 1. The number of rotatable bonds is 5. The minimum Gasteiger partial charge on any atom is -0.508 e. The minimum atomic E-state index is 0.0423. The highest BCUT2D eigenvalue weighted by Gasteiger charge is 2.21. The van der Waals surface area contributed by atoms with Crippen molar-refractivity contribution < 1.29 is 15.0 Å². The molecule has 110 valence electrons. The van der Waals surface area contributed by atoms with E-state index in [1.807, 2.05) is 12.1 Å². The minimum absolute atomic E-state index is 0.0423. The molecule has 0 aliphatic heterocycles. The van der Waals surface area contributed by atoms with Crippen molar-refractivity contribution in [3.05, 3.63) is 29.8 Å². The Morgan fingerprint density at radius 3 is 2.55 bits per heavy atom. The quantitative estimate of drug-likeness (QED) is 0.771. The maximum Gasteiger partial charge on any atom is 0.220 e. The summed E-state index contributed by atoms with van der Waals surface area (Å²) in [4.78, 5) is 11.9. The summed E-state index contributed by atoms with van der Waals surface area (Å²) >= 11 is 0. The lowest BCUT2D eigenvalue weighted by Crippen LogP contribution is -2.38. The number of carbonyl (C=O) groups is 1. The van der Waals surface area contributed by atoms with Gasteiger partial charge in [-0.05, 0) is 49.7 Å². The average Bonchev–Trinajstić information content (AvgIpc) is 2.47. The maximum absolute atomic E-state index is 11.9. The monoisotopic (exact) mass is 277 g/mol. The van der Waals surface area contributed by atoms with Crippen molar-refractivity contribution in [3.63, 3.8) is 0 Å². The third kappa shape index (κ3) is 4.23. The molecule has 1 aliphatic carbocycles. The third-order valence-electron chi connectivity index (χ3n) is 4.08. The van der Waals surface area contributed by atoms with Crippen LogP contribution in [0.5, 0.6) is 5.75 Å². The Morgan fingerprint density at radius 1 is 1.20 bits per heavy atom. The molecule has 20 heavy (non-hydrogen) atoms. The molecule has 1 aliphatic rings. The summed E-state index contributed by atoms with van der Waals surface area (Å²) in [5, 5.41) is 21.8. The average molecular weight is 277 g/mol. The Bertz CT molecular complexity index is 439. The summed E-state index contributed by atoms with van der Waals surface area (Å²) in [7, 11) is 0. The molecule has 0 aromatic heterocycles. The van der Waals surface area contributed by atoms with Gasteiger partial charge in [0.2, 0.25) is 5.91 Å². The van der Waals surface area contributed by atoms with E-state index in [1.54, 1.807) is 12.1 Å². The molecule has 1 fully saturated rings. The number of phenols is 1. The molecule has 3 N–H and O–H groups in total. The zero-order valence-corrected chi connectivity index (χ0v) is 11.7. The molecule has 0 bridgehead atoms. The zero-order chi connectivity index (χ0) is 14.4. The predicted octanol–water partition coefficient (Wildman–Crippen LogP) is 1.99. The van der Waals surface area contributed by atoms with Gasteiger partial charge in [-0.2, -0.15) is 0 Å². The lowest BCUT2D eigenvalue weighted by atomic mass is 9.86. The van der Waals surface area contributed by atoms with Gasteiger partial charge >= 0.3 is 0 Å². The first-order valence-electron chi connectivity index (χ1n) is 7.36. The number of aliphatic hydroxyl groups is 1. The molecule has 1 amide bonds. The summed E-state index contributed by atoms with van der Waals surface area (Å²) in [5.41, 5.74) is 0.812. The van der Waals surface area contributed by atoms with E-state index >= 15 is 0 Å². The summed E-state index contributed by atoms with van der Waals surface area (Å²) in [6.07, 6.45) is 4.84. The van der Waals surface area contributed by atoms with Crippen molar-refractivity contribution in [1.82, 2.24) is 5.32 Å². The fourth-order valence-corrected chi connectivity index (χ4v) is 2.76. The Kier molecular flexibility index (Phi) is 5.41. The van der Waals surface area contributed by atoms with Crippen LogP contribution in [0.1, 0.15) is 37.7 Å². The Labute approximate surface area is 119 Å². The Morgan fingerprint density at radius 2 is 1.90 bits per heavy atom. The highest BCUT2D eigenvalue weighted by molar-refractivity contribution is 5.76. The van der Waals surface area contributed by atoms with Crippen LogP contribution in [-0.4, -0.2) is 28.8 Å². The number of para-hydroxylation sites is 1. The van der Waals surface area contributed by atoms with Crippen LogP contribution in [0.15, 0.2) is 24.3 Å². The molecule has 1 saturated carbocycles. The predicted molar refractivity (Wildman–Crippen MR) is 77.4 cm³/mol. The molecule has 2 rings (SSSR count). The highest BCUT2D eigenvalue weighted by Crippen LogP contribution is 2.24. The summed E-state index contributed by atoms with van der Waals surface area (Å²) in [6, 6.07) is 7.37. The molecular weight excluding hydrogens is 254 g/mol. The topological polar surface area (TPSA) is 69.6 Å². The number of nitrogens with one attached hydrogen (secondary N) is 1. The lowest BCUT2D eigenvalue weighted by molar-refractivity contribution is -0.122. The van der Waals surface area contributed by atoms with Crippen molar-refractivity contribution in [2.24, 2.45) is 5.92 Å². The van der Waals surface area contributed by atoms with Crippen molar-refractivity contribution in [3.8, 4) is 5.75 Å². The first-order valence-corrected chi connectivity index (χ1v) is 7.36. The summed E-state index contributed by atoms with van der Waals surface area (Å²) in [5.74, 6) is 0.703. The molecular formula is C16H23NO3. The van der Waals surface area contributed by atoms with Crippen LogP contribution in [0.25, 0.3) is 0 Å². The number of phenolic OH excluding ortho intramolecular Hbond substituents is 1. The van der Waals surface area contributed by atoms with E-state index in [2.05, 4.69) is 5.32 Å². The van der Waals surface area contributed by atoms with Gasteiger partial charge in [-0.3, -0.25) is 4.79 Å². The van der Waals surface area contributed by atoms with E-state index in [4.69, 9.17) is 5.11 Å². The molecule has 0 spiro atoms. The lowest BCUT2D eigenvalue weighted by Gasteiger charge is -2.28. The molecule has 0 heterocycles. The van der Waals surface area contributed by atoms with Crippen LogP contribution in [0.4, 0.5) is 0 Å². The van der Waals surface area contributed by atoms with Crippen LogP contribution < -0.4 is 5.32 Å². The Hall–Kier alpha value is -1.55. The fourth-order valence-electron chi connectivity index (χ4n) is 2.76. The van der Waals surface area contributed by atoms with E-state index in [1.165, 1.54) is 0 Å². The number of amides is 1. The van der Waals surface area contributed by atoms with Gasteiger partial charge < -0.3 is 15.5 Å². The van der Waals surface area contributed by atoms with Crippen molar-refractivity contribution in [2.75, 3.05) is 6.61 Å². The largest absolute Gasteiger partial charge is 0.508 e. The van der Waals surface area contributed by atoms with Crippen LogP contribution in [0.3, 0.4) is 0 Å². The van der Waals surface area contributed by atoms with Gasteiger partial charge in [0.15, 0.2) is 0 Å². The van der Waals surface area contributed by atoms with Gasteiger partial charge in [0.1, 0.15) is 5.75 Å². The van der Waals surface area contributed by atoms with E-state index in [0.29, 0.717) is 18.8 Å². The normalized spacial score (nSPS) is 22.4. The van der Waals surface area contributed by atoms with Gasteiger partial charge in [-0.15, -0.1) is 0 Å². The number of hydrogen-bond donors (Lipinski definition) is 3. The molecule has 0 unspecified atom stereocenters. The standard InChI is InChI=1S/C16H23NO3/c18-11-12-5-8-14(9-6-12)17-16(20)10-7-13-3-1-2-4-15(13)19/h1-4,12,14,18-19H,5-11H2,(H,17,20). The zero-order valence-electron chi connectivity index (χ0n) is 11.7. The van der Waals surface area contributed by atoms with Gasteiger partial charge in [-0.1, -0.05) is 18.2 Å². The van der Waals surface area contributed by atoms with Gasteiger partial charge in [0.05, 0.1) is 0 Å². The van der Waals surface area contributed by atoms with E-state index in [0.717, 1.165) is 31.2 Å². The molecule has 0 atom stereocenters. The molecule has 4 nitrogen and oxygen atoms in total. The number of hydrogen-bond acceptors (Lipinski definition) is 3. The first-order chi connectivity index (χ1) is 9.69. The van der Waals surface area contributed by atoms with E-state index < -0.39 is 0 Å². The molecule has 0 saturated heterocycles. The number of aliphatic hydroxyl groups excluding tert-OH is 1. The number of carbonyl (C=O) groups excluding carboxylic acids is 1. The van der Waals surface area contributed by atoms with E-state index in [-0.39, 0.29) is 24.3 Å². The number of aryl methyl sites for hydroxylation is 1. The molecule has 1 aromatic carbocycles. The molecule has 4 heteroatoms. The third-order valence-corrected chi connectivity index (χ3v) is 4.08. The van der Waals surface area contributed by atoms with Crippen LogP contribution >= 0.6 is 0 Å². The van der Waals surface area contributed by atoms with Gasteiger partial charge in [0, 0.05) is 19.1 Å². The summed E-state index contributed by atoms with van der Waals surface area (Å²) < 4.78 is 0. The molecule has 1 aromatic rings. The van der Waals surface area contributed by atoms with Crippen LogP contribution in [-0.2, 0) is 11.2 Å². The van der Waals surface area contributed by atoms with Gasteiger partial charge in [0.25, 0.3) is 0 Å². The highest BCUT2D eigenvalue weighted by atomic mass is 16.3. The molecule has 0 radical (unpaired) electrons. The summed E-state index contributed by atoms with van der Waals surface area (Å²) in [6.45, 7) is 0.258. The second kappa shape index (κ2) is 7.29. The van der Waals surface area contributed by atoms with Crippen LogP contribution in [0.2, 0.25) is 0 Å². The van der Waals surface area contributed by atoms with Crippen molar-refractivity contribution in [1.29, 1.82) is 0 Å². The second-order valence-corrected chi connectivity index (χ2v) is 5.60. The smallest absolute Gasteiger partial charge is 0.220 e. The number of aromatic hydroxyl groups is 1. The fraction of sp³-hybridized carbons (Fsp3) is 0.562. The first kappa shape index (κ1) is 14.9. The van der Waals surface area contributed by atoms with Gasteiger partial charge in [-0.25, -0.2) is 0 Å². The second-order valence-electron chi connectivity index (χ2n) is 5.60.